The lowest BCUT2D eigenvalue weighted by molar-refractivity contribution is -0.140. The smallest absolute Gasteiger partial charge is 0.320 e. The van der Waals surface area contributed by atoms with Crippen LogP contribution in [0.2, 0.25) is 0 Å². The Balaban J connectivity index is 2.42. The highest BCUT2D eigenvalue weighted by Crippen LogP contribution is 2.28. The summed E-state index contributed by atoms with van der Waals surface area (Å²) in [6, 6.07) is -0.561. The second-order valence-corrected chi connectivity index (χ2v) is 4.87. The molecule has 0 aromatic rings. The summed E-state index contributed by atoms with van der Waals surface area (Å²) in [5.41, 5.74) is -0.678. The van der Waals surface area contributed by atoms with Crippen LogP contribution in [-0.2, 0) is 4.79 Å². The minimum absolute atomic E-state index is 0.0347. The Morgan fingerprint density at radius 3 is 2.33 bits per heavy atom. The fourth-order valence-corrected chi connectivity index (χ4v) is 2.12. The molecule has 3 N–H and O–H groups in total. The molecule has 0 aromatic carbocycles. The number of carbonyl (C=O) groups is 1. The predicted octanol–water partition coefficient (Wildman–Crippen LogP) is 0.990. The predicted molar refractivity (Wildman–Crippen MR) is 57.7 cm³/mol. The summed E-state index contributed by atoms with van der Waals surface area (Å²) in [7, 11) is 0. The van der Waals surface area contributed by atoms with Gasteiger partial charge < -0.3 is 15.5 Å². The quantitative estimate of drug-likeness (QED) is 0.639. The van der Waals surface area contributed by atoms with Gasteiger partial charge in [-0.2, -0.15) is 0 Å². The highest BCUT2D eigenvalue weighted by Gasteiger charge is 2.32. The summed E-state index contributed by atoms with van der Waals surface area (Å²) in [5.74, 6) is -0.806. The van der Waals surface area contributed by atoms with E-state index in [9.17, 15) is 9.90 Å². The molecule has 1 atom stereocenters. The number of carboxylic acid groups (broad SMARTS) is 1. The SMILES string of the molecule is CC(C)C(NCC1(O)CCCC1)C(=O)O. The second-order valence-electron chi connectivity index (χ2n) is 4.87. The van der Waals surface area contributed by atoms with E-state index >= 15 is 0 Å². The van der Waals surface area contributed by atoms with Crippen LogP contribution < -0.4 is 5.32 Å². The van der Waals surface area contributed by atoms with Crippen LogP contribution in [0.25, 0.3) is 0 Å². The number of nitrogens with one attached hydrogen (secondary N) is 1. The van der Waals surface area contributed by atoms with Crippen molar-refractivity contribution in [1.82, 2.24) is 5.32 Å². The van der Waals surface area contributed by atoms with E-state index in [1.54, 1.807) is 0 Å². The van der Waals surface area contributed by atoms with Crippen LogP contribution in [-0.4, -0.2) is 34.4 Å². The summed E-state index contributed by atoms with van der Waals surface area (Å²) in [4.78, 5) is 10.9. The summed E-state index contributed by atoms with van der Waals surface area (Å²) in [5, 5.41) is 22.0. The molecule has 1 rings (SSSR count). The van der Waals surface area contributed by atoms with Crippen LogP contribution in [0.5, 0.6) is 0 Å². The Kier molecular flexibility index (Phi) is 4.11. The third kappa shape index (κ3) is 3.47. The van der Waals surface area contributed by atoms with E-state index in [0.717, 1.165) is 25.7 Å². The number of carboxylic acids is 1. The number of aliphatic hydroxyl groups is 1. The summed E-state index contributed by atoms with van der Waals surface area (Å²) >= 11 is 0. The molecule has 1 aliphatic rings. The van der Waals surface area contributed by atoms with E-state index in [4.69, 9.17) is 5.11 Å². The Labute approximate surface area is 90.7 Å². The van der Waals surface area contributed by atoms with E-state index in [1.807, 2.05) is 13.8 Å². The number of rotatable bonds is 5. The van der Waals surface area contributed by atoms with E-state index < -0.39 is 17.6 Å². The van der Waals surface area contributed by atoms with Gasteiger partial charge in [0.15, 0.2) is 0 Å². The second kappa shape index (κ2) is 4.94. The Morgan fingerprint density at radius 1 is 1.40 bits per heavy atom. The molecule has 0 amide bonds. The molecule has 1 aliphatic carbocycles. The fourth-order valence-electron chi connectivity index (χ4n) is 2.12. The Morgan fingerprint density at radius 2 is 1.93 bits per heavy atom. The standard InChI is InChI=1S/C11H21NO3/c1-8(2)9(10(13)14)12-7-11(15)5-3-4-6-11/h8-9,12,15H,3-7H2,1-2H3,(H,13,14). The van der Waals surface area contributed by atoms with E-state index in [-0.39, 0.29) is 5.92 Å². The topological polar surface area (TPSA) is 69.6 Å². The van der Waals surface area contributed by atoms with Crippen LogP contribution in [0.4, 0.5) is 0 Å². The first-order chi connectivity index (χ1) is 6.94. The van der Waals surface area contributed by atoms with Crippen LogP contribution in [0.1, 0.15) is 39.5 Å². The molecule has 1 fully saturated rings. The maximum absolute atomic E-state index is 10.9. The first-order valence-corrected chi connectivity index (χ1v) is 5.63. The number of hydrogen-bond donors (Lipinski definition) is 3. The van der Waals surface area contributed by atoms with E-state index in [2.05, 4.69) is 5.32 Å². The van der Waals surface area contributed by atoms with Crippen molar-refractivity contribution in [2.75, 3.05) is 6.54 Å². The Bertz CT molecular complexity index is 222. The Hall–Kier alpha value is -0.610. The molecule has 0 spiro atoms. The van der Waals surface area contributed by atoms with Crippen molar-refractivity contribution >= 4 is 5.97 Å². The van der Waals surface area contributed by atoms with Crippen molar-refractivity contribution in [2.45, 2.75) is 51.2 Å². The van der Waals surface area contributed by atoms with Gasteiger partial charge in [0.2, 0.25) is 0 Å². The zero-order valence-electron chi connectivity index (χ0n) is 9.49. The van der Waals surface area contributed by atoms with Crippen LogP contribution in [0.3, 0.4) is 0 Å². The summed E-state index contributed by atoms with van der Waals surface area (Å²) in [6.07, 6.45) is 3.64. The van der Waals surface area contributed by atoms with Crippen molar-refractivity contribution in [1.29, 1.82) is 0 Å². The highest BCUT2D eigenvalue weighted by atomic mass is 16.4. The maximum Gasteiger partial charge on any atom is 0.320 e. The normalized spacial score (nSPS) is 21.9. The van der Waals surface area contributed by atoms with Crippen molar-refractivity contribution in [3.63, 3.8) is 0 Å². The van der Waals surface area contributed by atoms with E-state index in [1.165, 1.54) is 0 Å². The zero-order valence-corrected chi connectivity index (χ0v) is 9.49. The first-order valence-electron chi connectivity index (χ1n) is 5.63. The maximum atomic E-state index is 10.9. The molecule has 15 heavy (non-hydrogen) atoms. The lowest BCUT2D eigenvalue weighted by Gasteiger charge is -2.26. The van der Waals surface area contributed by atoms with Crippen molar-refractivity contribution in [3.8, 4) is 0 Å². The van der Waals surface area contributed by atoms with Crippen molar-refractivity contribution in [2.24, 2.45) is 5.92 Å². The number of aliphatic carboxylic acids is 1. The minimum atomic E-state index is -0.841. The largest absolute Gasteiger partial charge is 0.480 e. The van der Waals surface area contributed by atoms with Gasteiger partial charge in [0, 0.05) is 6.54 Å². The van der Waals surface area contributed by atoms with Gasteiger partial charge in [-0.05, 0) is 18.8 Å². The van der Waals surface area contributed by atoms with E-state index in [0.29, 0.717) is 6.54 Å². The van der Waals surface area contributed by atoms with Gasteiger partial charge in [0.05, 0.1) is 5.60 Å². The molecule has 1 unspecified atom stereocenters. The van der Waals surface area contributed by atoms with Gasteiger partial charge in [0.1, 0.15) is 6.04 Å². The van der Waals surface area contributed by atoms with Crippen molar-refractivity contribution < 1.29 is 15.0 Å². The van der Waals surface area contributed by atoms with Gasteiger partial charge >= 0.3 is 5.97 Å². The molecular weight excluding hydrogens is 194 g/mol. The number of hydrogen-bond acceptors (Lipinski definition) is 3. The fraction of sp³-hybridized carbons (Fsp3) is 0.909. The third-order valence-corrected chi connectivity index (χ3v) is 3.12. The average Bonchev–Trinajstić information content (AvgIpc) is 2.51. The molecule has 4 heteroatoms. The van der Waals surface area contributed by atoms with Gasteiger partial charge in [-0.3, -0.25) is 4.79 Å². The third-order valence-electron chi connectivity index (χ3n) is 3.12. The van der Waals surface area contributed by atoms with Crippen LogP contribution >= 0.6 is 0 Å². The molecule has 0 saturated heterocycles. The molecule has 0 aromatic heterocycles. The zero-order chi connectivity index (χ0) is 11.5. The first kappa shape index (κ1) is 12.5. The van der Waals surface area contributed by atoms with Crippen LogP contribution in [0.15, 0.2) is 0 Å². The molecule has 0 aliphatic heterocycles. The lowest BCUT2D eigenvalue weighted by Crippen LogP contribution is -2.48. The molecule has 0 radical (unpaired) electrons. The molecule has 0 heterocycles. The minimum Gasteiger partial charge on any atom is -0.480 e. The van der Waals surface area contributed by atoms with Crippen molar-refractivity contribution in [3.05, 3.63) is 0 Å². The summed E-state index contributed by atoms with van der Waals surface area (Å²) < 4.78 is 0. The van der Waals surface area contributed by atoms with Gasteiger partial charge in [-0.15, -0.1) is 0 Å². The van der Waals surface area contributed by atoms with Gasteiger partial charge in [-0.1, -0.05) is 26.7 Å². The monoisotopic (exact) mass is 215 g/mol. The average molecular weight is 215 g/mol. The molecule has 0 bridgehead atoms. The summed E-state index contributed by atoms with van der Waals surface area (Å²) in [6.45, 7) is 4.12. The molecular formula is C11H21NO3. The van der Waals surface area contributed by atoms with Gasteiger partial charge in [-0.25, -0.2) is 0 Å². The lowest BCUT2D eigenvalue weighted by atomic mass is 9.99. The molecule has 4 nitrogen and oxygen atoms in total. The molecule has 88 valence electrons. The molecule has 1 saturated carbocycles. The van der Waals surface area contributed by atoms with Crippen LogP contribution in [0, 0.1) is 5.92 Å². The highest BCUT2D eigenvalue weighted by molar-refractivity contribution is 5.73. The van der Waals surface area contributed by atoms with Gasteiger partial charge in [0.25, 0.3) is 0 Å².